The molecule has 1 unspecified atom stereocenters. The first-order chi connectivity index (χ1) is 13.1. The van der Waals surface area contributed by atoms with Gasteiger partial charge in [0.2, 0.25) is 0 Å². The molecular formula is C21H30FN2O3P. The van der Waals surface area contributed by atoms with E-state index in [2.05, 4.69) is 5.32 Å². The molecule has 0 aromatic heterocycles. The Morgan fingerprint density at radius 2 is 1.54 bits per heavy atom. The Bertz CT molecular complexity index is 796. The summed E-state index contributed by atoms with van der Waals surface area (Å²) in [6.07, 6.45) is -0.607. The lowest BCUT2D eigenvalue weighted by Gasteiger charge is -2.31. The molecule has 0 radical (unpaired) electrons. The van der Waals surface area contributed by atoms with Gasteiger partial charge in [0.05, 0.1) is 12.2 Å². The summed E-state index contributed by atoms with van der Waals surface area (Å²) in [6.45, 7) is 7.24. The summed E-state index contributed by atoms with van der Waals surface area (Å²) < 4.78 is 39.2. The largest absolute Gasteiger partial charge is 0.378 e. The number of benzene rings is 2. The van der Waals surface area contributed by atoms with Crippen molar-refractivity contribution >= 4 is 19.0 Å². The van der Waals surface area contributed by atoms with Gasteiger partial charge in [-0.15, -0.1) is 0 Å². The number of halogens is 1. The van der Waals surface area contributed by atoms with Crippen molar-refractivity contribution in [3.8, 4) is 0 Å². The van der Waals surface area contributed by atoms with Crippen LogP contribution in [0.5, 0.6) is 0 Å². The minimum absolute atomic E-state index is 0.303. The second-order valence-corrected chi connectivity index (χ2v) is 9.41. The normalized spacial score (nSPS) is 13.0. The Morgan fingerprint density at radius 1 is 0.964 bits per heavy atom. The van der Waals surface area contributed by atoms with Crippen molar-refractivity contribution in [1.29, 1.82) is 0 Å². The minimum atomic E-state index is -3.63. The fourth-order valence-electron chi connectivity index (χ4n) is 2.77. The van der Waals surface area contributed by atoms with Crippen LogP contribution in [0.1, 0.15) is 39.0 Å². The van der Waals surface area contributed by atoms with Crippen molar-refractivity contribution in [3.63, 3.8) is 0 Å². The third-order valence-electron chi connectivity index (χ3n) is 3.88. The van der Waals surface area contributed by atoms with Crippen molar-refractivity contribution in [2.75, 3.05) is 24.3 Å². The van der Waals surface area contributed by atoms with Crippen LogP contribution in [0.3, 0.4) is 0 Å². The summed E-state index contributed by atoms with van der Waals surface area (Å²) in [4.78, 5) is 1.98. The molecule has 5 nitrogen and oxygen atoms in total. The van der Waals surface area contributed by atoms with Crippen LogP contribution < -0.4 is 10.2 Å². The Hall–Kier alpha value is -1.88. The molecule has 0 saturated heterocycles. The third kappa shape index (κ3) is 6.06. The molecule has 0 spiro atoms. The Morgan fingerprint density at radius 3 is 2.00 bits per heavy atom. The smallest absolute Gasteiger partial charge is 0.357 e. The lowest BCUT2D eigenvalue weighted by Crippen LogP contribution is -2.19. The quantitative estimate of drug-likeness (QED) is 0.512. The predicted octanol–water partition coefficient (Wildman–Crippen LogP) is 6.05. The first-order valence-electron chi connectivity index (χ1n) is 9.36. The topological polar surface area (TPSA) is 50.8 Å². The monoisotopic (exact) mass is 408 g/mol. The van der Waals surface area contributed by atoms with E-state index in [0.29, 0.717) is 5.69 Å². The highest BCUT2D eigenvalue weighted by molar-refractivity contribution is 7.54. The molecule has 0 fully saturated rings. The van der Waals surface area contributed by atoms with Crippen LogP contribution in [0.2, 0.25) is 0 Å². The molecule has 0 aliphatic heterocycles. The van der Waals surface area contributed by atoms with Crippen LogP contribution in [0.15, 0.2) is 48.5 Å². The average Bonchev–Trinajstić information content (AvgIpc) is 2.58. The lowest BCUT2D eigenvalue weighted by molar-refractivity contribution is 0.138. The van der Waals surface area contributed by atoms with Crippen LogP contribution in [-0.2, 0) is 13.6 Å². The molecule has 1 atom stereocenters. The second-order valence-electron chi connectivity index (χ2n) is 7.39. The Balaban J connectivity index is 2.50. The number of nitrogens with zero attached hydrogens (tertiary/aromatic N) is 1. The maximum absolute atomic E-state index is 13.8. The molecule has 0 aliphatic rings. The first kappa shape index (κ1) is 22.4. The van der Waals surface area contributed by atoms with Gasteiger partial charge in [0, 0.05) is 25.5 Å². The van der Waals surface area contributed by atoms with E-state index < -0.39 is 13.4 Å². The van der Waals surface area contributed by atoms with Gasteiger partial charge in [-0.05, 0) is 63.6 Å². The number of hydrogen-bond donors (Lipinski definition) is 1. The molecule has 0 saturated carbocycles. The van der Waals surface area contributed by atoms with Crippen molar-refractivity contribution in [2.24, 2.45) is 0 Å². The van der Waals surface area contributed by atoms with Gasteiger partial charge in [-0.2, -0.15) is 0 Å². The minimum Gasteiger partial charge on any atom is -0.378 e. The van der Waals surface area contributed by atoms with Gasteiger partial charge in [-0.25, -0.2) is 4.39 Å². The van der Waals surface area contributed by atoms with Gasteiger partial charge in [0.25, 0.3) is 0 Å². The standard InChI is InChI=1S/C21H30FN2O3P/c1-15(2)26-28(25,27-16(3)4)21(23-19-9-7-8-18(22)14-19)17-10-12-20(13-11-17)24(5)6/h7-16,21,23H,1-6H3. The summed E-state index contributed by atoms with van der Waals surface area (Å²) in [5.41, 5.74) is 2.25. The highest BCUT2D eigenvalue weighted by Gasteiger charge is 2.39. The number of rotatable bonds is 9. The number of nitrogens with one attached hydrogen (secondary N) is 1. The van der Waals surface area contributed by atoms with Gasteiger partial charge in [-0.1, -0.05) is 18.2 Å². The molecule has 28 heavy (non-hydrogen) atoms. The fourth-order valence-corrected chi connectivity index (χ4v) is 5.08. The number of hydrogen-bond acceptors (Lipinski definition) is 5. The molecule has 2 aromatic carbocycles. The molecule has 7 heteroatoms. The van der Waals surface area contributed by atoms with Gasteiger partial charge < -0.3 is 19.3 Å². The van der Waals surface area contributed by atoms with Crippen molar-refractivity contribution in [2.45, 2.75) is 45.7 Å². The molecule has 0 amide bonds. The number of anilines is 2. The lowest BCUT2D eigenvalue weighted by atomic mass is 10.2. The maximum Gasteiger partial charge on any atom is 0.357 e. The van der Waals surface area contributed by atoms with Crippen LogP contribution in [0.4, 0.5) is 15.8 Å². The Labute approximate surface area is 167 Å². The fraction of sp³-hybridized carbons (Fsp3) is 0.429. The average molecular weight is 408 g/mol. The van der Waals surface area contributed by atoms with Gasteiger partial charge in [0.1, 0.15) is 5.82 Å². The zero-order valence-corrected chi connectivity index (χ0v) is 18.2. The zero-order valence-electron chi connectivity index (χ0n) is 17.3. The second kappa shape index (κ2) is 9.55. The summed E-state index contributed by atoms with van der Waals surface area (Å²) >= 11 is 0. The van der Waals surface area contributed by atoms with E-state index >= 15 is 0 Å². The van der Waals surface area contributed by atoms with E-state index in [1.54, 1.807) is 12.1 Å². The van der Waals surface area contributed by atoms with Gasteiger partial charge in [0.15, 0.2) is 5.78 Å². The molecule has 0 aliphatic carbocycles. The summed E-state index contributed by atoms with van der Waals surface area (Å²) in [7, 11) is 0.271. The highest BCUT2D eigenvalue weighted by atomic mass is 31.2. The molecule has 2 rings (SSSR count). The van der Waals surface area contributed by atoms with E-state index in [0.717, 1.165) is 11.3 Å². The van der Waals surface area contributed by atoms with Crippen molar-refractivity contribution in [3.05, 3.63) is 59.9 Å². The molecule has 1 N–H and O–H groups in total. The van der Waals surface area contributed by atoms with Crippen molar-refractivity contribution < 1.29 is 18.0 Å². The van der Waals surface area contributed by atoms with Gasteiger partial charge in [-0.3, -0.25) is 4.57 Å². The first-order valence-corrected chi connectivity index (χ1v) is 11.0. The van der Waals surface area contributed by atoms with Crippen LogP contribution in [-0.4, -0.2) is 26.3 Å². The van der Waals surface area contributed by atoms with Crippen LogP contribution in [0.25, 0.3) is 0 Å². The van der Waals surface area contributed by atoms with Crippen molar-refractivity contribution in [1.82, 2.24) is 0 Å². The zero-order chi connectivity index (χ0) is 20.9. The SMILES string of the molecule is CC(C)OP(=O)(OC(C)C)C(Nc1cccc(F)c1)c1ccc(N(C)C)cc1. The van der Waals surface area contributed by atoms with E-state index in [-0.39, 0.29) is 18.0 Å². The van der Waals surface area contributed by atoms with E-state index in [1.807, 2.05) is 71.0 Å². The van der Waals surface area contributed by atoms with E-state index in [9.17, 15) is 8.96 Å². The predicted molar refractivity (Wildman–Crippen MR) is 114 cm³/mol. The molecule has 0 bridgehead atoms. The van der Waals surface area contributed by atoms with E-state index in [1.165, 1.54) is 12.1 Å². The van der Waals surface area contributed by atoms with E-state index in [4.69, 9.17) is 9.05 Å². The molecular weight excluding hydrogens is 378 g/mol. The third-order valence-corrected chi connectivity index (χ3v) is 6.38. The van der Waals surface area contributed by atoms with Crippen LogP contribution >= 0.6 is 7.60 Å². The molecule has 2 aromatic rings. The summed E-state index contributed by atoms with van der Waals surface area (Å²) in [6, 6.07) is 13.7. The van der Waals surface area contributed by atoms with Gasteiger partial charge >= 0.3 is 7.60 Å². The summed E-state index contributed by atoms with van der Waals surface area (Å²) in [5.74, 6) is -1.16. The maximum atomic E-state index is 13.8. The summed E-state index contributed by atoms with van der Waals surface area (Å²) in [5, 5.41) is 3.17. The molecule has 0 heterocycles. The highest BCUT2D eigenvalue weighted by Crippen LogP contribution is 2.62. The molecule has 154 valence electrons. The van der Waals surface area contributed by atoms with Crippen LogP contribution in [0, 0.1) is 5.82 Å². The Kier molecular flexibility index (Phi) is 7.64.